The summed E-state index contributed by atoms with van der Waals surface area (Å²) in [6, 6.07) is 45.6. The Kier molecular flexibility index (Phi) is 5.15. The van der Waals surface area contributed by atoms with Crippen molar-refractivity contribution in [1.82, 2.24) is 0 Å². The van der Waals surface area contributed by atoms with Gasteiger partial charge in [0.25, 0.3) is 0 Å². The molecule has 0 fully saturated rings. The van der Waals surface area contributed by atoms with E-state index < -0.39 is 12.2 Å². The van der Waals surface area contributed by atoms with Crippen molar-refractivity contribution in [1.29, 1.82) is 0 Å². The van der Waals surface area contributed by atoms with Crippen molar-refractivity contribution in [3.05, 3.63) is 156 Å². The van der Waals surface area contributed by atoms with Gasteiger partial charge in [0.1, 0.15) is 12.2 Å². The summed E-state index contributed by atoms with van der Waals surface area (Å²) >= 11 is 0. The molecule has 2 unspecified atom stereocenters. The number of benzene rings is 8. The van der Waals surface area contributed by atoms with E-state index in [1.54, 1.807) is 0 Å². The summed E-state index contributed by atoms with van der Waals surface area (Å²) < 4.78 is 0. The lowest BCUT2D eigenvalue weighted by molar-refractivity contribution is 0.221. The lowest BCUT2D eigenvalue weighted by Crippen LogP contribution is -2.03. The summed E-state index contributed by atoms with van der Waals surface area (Å²) in [5.74, 6) is 0. The molecule has 8 rings (SSSR count). The Labute approximate surface area is 231 Å². The van der Waals surface area contributed by atoms with Crippen molar-refractivity contribution in [3.63, 3.8) is 0 Å². The molecule has 0 radical (unpaired) electrons. The molecule has 2 nitrogen and oxygen atoms in total. The van der Waals surface area contributed by atoms with Crippen molar-refractivity contribution in [3.8, 4) is 0 Å². The van der Waals surface area contributed by atoms with Crippen molar-refractivity contribution in [2.45, 2.75) is 12.2 Å². The molecule has 0 aromatic heterocycles. The summed E-state index contributed by atoms with van der Waals surface area (Å²) in [5, 5.41) is 34.4. The number of hydrogen-bond acceptors (Lipinski definition) is 2. The summed E-state index contributed by atoms with van der Waals surface area (Å²) in [4.78, 5) is 0. The summed E-state index contributed by atoms with van der Waals surface area (Å²) in [5.41, 5.74) is 3.53. The van der Waals surface area contributed by atoms with E-state index >= 15 is 0 Å². The van der Waals surface area contributed by atoms with Crippen LogP contribution in [-0.4, -0.2) is 10.2 Å². The molecule has 40 heavy (non-hydrogen) atoms. The predicted molar refractivity (Wildman–Crippen MR) is 166 cm³/mol. The number of rotatable bonds is 4. The molecule has 190 valence electrons. The highest BCUT2D eigenvalue weighted by atomic mass is 16.3. The maximum atomic E-state index is 11.6. The molecule has 0 saturated heterocycles. The van der Waals surface area contributed by atoms with Gasteiger partial charge in [0, 0.05) is 0 Å². The molecular formula is C38H26O2. The Morgan fingerprint density at radius 3 is 1.18 bits per heavy atom. The van der Waals surface area contributed by atoms with E-state index in [-0.39, 0.29) is 0 Å². The fraction of sp³-hybridized carbons (Fsp3) is 0.0526. The maximum Gasteiger partial charge on any atom is 0.105 e. The molecule has 0 aliphatic rings. The van der Waals surface area contributed by atoms with Gasteiger partial charge in [0.15, 0.2) is 0 Å². The topological polar surface area (TPSA) is 40.5 Å². The van der Waals surface area contributed by atoms with Gasteiger partial charge in [-0.15, -0.1) is 0 Å². The first-order valence-electron chi connectivity index (χ1n) is 13.7. The van der Waals surface area contributed by atoms with Gasteiger partial charge in [-0.25, -0.2) is 0 Å². The third-order valence-corrected chi connectivity index (χ3v) is 8.50. The van der Waals surface area contributed by atoms with Crippen LogP contribution in [0.3, 0.4) is 0 Å². The van der Waals surface area contributed by atoms with Crippen LogP contribution >= 0.6 is 0 Å². The number of aliphatic hydroxyl groups excluding tert-OH is 2. The Morgan fingerprint density at radius 2 is 0.725 bits per heavy atom. The second-order valence-corrected chi connectivity index (χ2v) is 10.8. The van der Waals surface area contributed by atoms with Gasteiger partial charge in [-0.2, -0.15) is 0 Å². The lowest BCUT2D eigenvalue weighted by Gasteiger charge is -2.20. The highest BCUT2D eigenvalue weighted by Gasteiger charge is 2.20. The van der Waals surface area contributed by atoms with Crippen LogP contribution in [0.1, 0.15) is 34.5 Å². The zero-order valence-electron chi connectivity index (χ0n) is 21.8. The van der Waals surface area contributed by atoms with Crippen LogP contribution in [-0.2, 0) is 0 Å². The molecule has 8 aromatic carbocycles. The minimum Gasteiger partial charge on any atom is -0.384 e. The monoisotopic (exact) mass is 514 g/mol. The highest BCUT2D eigenvalue weighted by Crippen LogP contribution is 2.42. The Hall–Kier alpha value is -4.76. The van der Waals surface area contributed by atoms with Gasteiger partial charge in [0.2, 0.25) is 0 Å². The van der Waals surface area contributed by atoms with Gasteiger partial charge < -0.3 is 10.2 Å². The van der Waals surface area contributed by atoms with Gasteiger partial charge in [-0.1, -0.05) is 121 Å². The van der Waals surface area contributed by atoms with E-state index in [0.29, 0.717) is 0 Å². The van der Waals surface area contributed by atoms with Crippen LogP contribution in [0.2, 0.25) is 0 Å². The van der Waals surface area contributed by atoms with Gasteiger partial charge in [-0.05, 0) is 88.2 Å². The molecule has 0 heterocycles. The van der Waals surface area contributed by atoms with Crippen LogP contribution in [0.15, 0.2) is 133 Å². The van der Waals surface area contributed by atoms with Crippen molar-refractivity contribution < 1.29 is 10.2 Å². The van der Waals surface area contributed by atoms with Crippen LogP contribution < -0.4 is 0 Å². The van der Waals surface area contributed by atoms with Gasteiger partial charge in [0.05, 0.1) is 0 Å². The summed E-state index contributed by atoms with van der Waals surface area (Å²) in [7, 11) is 0. The first-order valence-corrected chi connectivity index (χ1v) is 13.7. The van der Waals surface area contributed by atoms with Crippen LogP contribution in [0.5, 0.6) is 0 Å². The first-order chi connectivity index (χ1) is 19.7. The first kappa shape index (κ1) is 23.2. The van der Waals surface area contributed by atoms with Crippen LogP contribution in [0, 0.1) is 0 Å². The van der Waals surface area contributed by atoms with Crippen molar-refractivity contribution in [2.24, 2.45) is 0 Å². The highest BCUT2D eigenvalue weighted by molar-refractivity contribution is 6.24. The molecule has 0 amide bonds. The zero-order valence-corrected chi connectivity index (χ0v) is 21.8. The fourth-order valence-corrected chi connectivity index (χ4v) is 6.44. The Morgan fingerprint density at radius 1 is 0.350 bits per heavy atom. The quantitative estimate of drug-likeness (QED) is 0.230. The molecule has 2 N–H and O–H groups in total. The van der Waals surface area contributed by atoms with E-state index in [4.69, 9.17) is 0 Å². The summed E-state index contributed by atoms with van der Waals surface area (Å²) in [6.45, 7) is 0. The standard InChI is InChI=1S/C38H26O2/c39-37(29-11-9-23-5-1-3-7-27(23)21-29)33-19-15-25-14-18-32-34(20-16-26-13-17-31(33)35(25)36(26)32)38(40)30-12-10-24-6-2-4-8-28(24)22-30/h1-22,37-40H. The van der Waals surface area contributed by atoms with Gasteiger partial charge >= 0.3 is 0 Å². The molecule has 0 saturated carbocycles. The molecule has 8 aromatic rings. The SMILES string of the molecule is OC(c1ccc2ccccc2c1)c1ccc2ccc3c(C(O)c4ccc5ccccc5c4)ccc4ccc1c2c43. The normalized spacial score (nSPS) is 13.6. The molecular weight excluding hydrogens is 488 g/mol. The molecule has 2 atom stereocenters. The number of fused-ring (bicyclic) bond motifs is 2. The average Bonchev–Trinajstić information content (AvgIpc) is 3.02. The van der Waals surface area contributed by atoms with Gasteiger partial charge in [-0.3, -0.25) is 0 Å². The van der Waals surface area contributed by atoms with E-state index in [9.17, 15) is 10.2 Å². The van der Waals surface area contributed by atoms with Crippen LogP contribution in [0.4, 0.5) is 0 Å². The van der Waals surface area contributed by atoms with E-state index in [2.05, 4.69) is 84.9 Å². The second-order valence-electron chi connectivity index (χ2n) is 10.8. The third-order valence-electron chi connectivity index (χ3n) is 8.50. The molecule has 0 aliphatic heterocycles. The lowest BCUT2D eigenvalue weighted by atomic mass is 9.86. The number of aliphatic hydroxyl groups is 2. The second kappa shape index (κ2) is 8.89. The van der Waals surface area contributed by atoms with Crippen LogP contribution in [0.25, 0.3) is 53.9 Å². The minimum atomic E-state index is -0.753. The predicted octanol–water partition coefficient (Wildman–Crippen LogP) is 9.05. The van der Waals surface area contributed by atoms with E-state index in [1.165, 1.54) is 0 Å². The third kappa shape index (κ3) is 3.51. The molecule has 0 aliphatic carbocycles. The van der Waals surface area contributed by atoms with E-state index in [1.807, 2.05) is 48.5 Å². The minimum absolute atomic E-state index is 0.753. The zero-order chi connectivity index (χ0) is 26.8. The van der Waals surface area contributed by atoms with Crippen molar-refractivity contribution in [2.75, 3.05) is 0 Å². The molecule has 0 spiro atoms. The van der Waals surface area contributed by atoms with Crippen molar-refractivity contribution >= 4 is 53.9 Å². The van der Waals surface area contributed by atoms with E-state index in [0.717, 1.165) is 76.1 Å². The fourth-order valence-electron chi connectivity index (χ4n) is 6.44. The molecule has 0 bridgehead atoms. The number of hydrogen-bond donors (Lipinski definition) is 2. The summed E-state index contributed by atoms with van der Waals surface area (Å²) in [6.07, 6.45) is -1.51. The Bertz CT molecular complexity index is 2050. The maximum absolute atomic E-state index is 11.6. The Balaban J connectivity index is 1.30. The average molecular weight is 515 g/mol. The molecule has 2 heteroatoms. The largest absolute Gasteiger partial charge is 0.384 e. The smallest absolute Gasteiger partial charge is 0.105 e.